The third-order valence-corrected chi connectivity index (χ3v) is 5.18. The van der Waals surface area contributed by atoms with Crippen LogP contribution in [-0.4, -0.2) is 37.1 Å². The van der Waals surface area contributed by atoms with E-state index in [4.69, 9.17) is 11.6 Å². The van der Waals surface area contributed by atoms with E-state index in [1.807, 2.05) is 12.1 Å². The molecule has 9 nitrogen and oxygen atoms in total. The first kappa shape index (κ1) is 18.1. The largest absolute Gasteiger partial charge is 0.355 e. The van der Waals surface area contributed by atoms with E-state index in [9.17, 15) is 9.59 Å². The topological polar surface area (TPSA) is 118 Å². The van der Waals surface area contributed by atoms with Gasteiger partial charge in [0.05, 0.1) is 22.4 Å². The van der Waals surface area contributed by atoms with E-state index >= 15 is 0 Å². The second kappa shape index (κ2) is 7.06. The van der Waals surface area contributed by atoms with Crippen LogP contribution in [0.3, 0.4) is 0 Å². The third-order valence-electron chi connectivity index (χ3n) is 4.14. The zero-order chi connectivity index (χ0) is 19.8. The van der Waals surface area contributed by atoms with Crippen molar-refractivity contribution >= 4 is 50.8 Å². The number of carbonyl (C=O) groups is 1. The summed E-state index contributed by atoms with van der Waals surface area (Å²) in [7, 11) is 3.04. The van der Waals surface area contributed by atoms with Crippen LogP contribution in [-0.2, 0) is 7.05 Å². The summed E-state index contributed by atoms with van der Waals surface area (Å²) in [6, 6.07) is 5.17. The molecular weight excluding hydrogens is 402 g/mol. The maximum atomic E-state index is 12.2. The highest BCUT2D eigenvalue weighted by atomic mass is 35.5. The number of aryl methyl sites for hydroxylation is 1. The van der Waals surface area contributed by atoms with Crippen molar-refractivity contribution in [3.05, 3.63) is 51.5 Å². The van der Waals surface area contributed by atoms with Crippen molar-refractivity contribution in [2.45, 2.75) is 0 Å². The number of fused-ring (bicyclic) bond motifs is 1. The van der Waals surface area contributed by atoms with Gasteiger partial charge in [0.2, 0.25) is 5.13 Å². The van der Waals surface area contributed by atoms with Gasteiger partial charge in [-0.1, -0.05) is 11.6 Å². The highest BCUT2D eigenvalue weighted by Crippen LogP contribution is 2.33. The molecule has 0 aliphatic heterocycles. The number of anilines is 2. The number of pyridine rings is 1. The van der Waals surface area contributed by atoms with Crippen LogP contribution in [0.5, 0.6) is 0 Å². The number of amides is 1. The molecule has 4 aromatic rings. The maximum Gasteiger partial charge on any atom is 0.263 e. The molecule has 0 unspecified atom stereocenters. The monoisotopic (exact) mass is 415 g/mol. The third kappa shape index (κ3) is 3.12. The minimum Gasteiger partial charge on any atom is -0.355 e. The van der Waals surface area contributed by atoms with E-state index < -0.39 is 11.5 Å². The molecule has 0 aliphatic rings. The van der Waals surface area contributed by atoms with E-state index in [0.717, 1.165) is 22.4 Å². The quantitative estimate of drug-likeness (QED) is 0.471. The molecule has 11 heteroatoms. The van der Waals surface area contributed by atoms with Gasteiger partial charge in [0.1, 0.15) is 5.56 Å². The maximum absolute atomic E-state index is 12.2. The summed E-state index contributed by atoms with van der Waals surface area (Å²) >= 11 is 7.56. The van der Waals surface area contributed by atoms with E-state index in [2.05, 4.69) is 30.2 Å². The van der Waals surface area contributed by atoms with Gasteiger partial charge in [-0.2, -0.15) is 14.5 Å². The van der Waals surface area contributed by atoms with Crippen molar-refractivity contribution in [3.8, 4) is 11.4 Å². The number of carbonyl (C=O) groups excluding carboxylic acids is 1. The Bertz CT molecular complexity index is 1260. The molecule has 3 heterocycles. The first-order chi connectivity index (χ1) is 13.5. The smallest absolute Gasteiger partial charge is 0.263 e. The predicted octanol–water partition coefficient (Wildman–Crippen LogP) is 2.54. The highest BCUT2D eigenvalue weighted by Gasteiger charge is 2.16. The van der Waals surface area contributed by atoms with Crippen LogP contribution in [0.25, 0.3) is 22.3 Å². The summed E-state index contributed by atoms with van der Waals surface area (Å²) < 4.78 is 5.65. The molecule has 4 rings (SSSR count). The number of hydrogen-bond acceptors (Lipinski definition) is 7. The lowest BCUT2D eigenvalue weighted by Gasteiger charge is -2.06. The average Bonchev–Trinajstić information content (AvgIpc) is 3.35. The fourth-order valence-electron chi connectivity index (χ4n) is 2.72. The molecule has 0 aliphatic carbocycles. The van der Waals surface area contributed by atoms with E-state index in [-0.39, 0.29) is 5.56 Å². The Hall–Kier alpha value is -3.24. The summed E-state index contributed by atoms with van der Waals surface area (Å²) in [5.74, 6) is -0.0648. The number of nitrogens with zero attached hydrogens (tertiary/aromatic N) is 4. The first-order valence-electron chi connectivity index (χ1n) is 8.13. The molecule has 0 atom stereocenters. The van der Waals surface area contributed by atoms with Crippen LogP contribution in [0.2, 0.25) is 5.02 Å². The van der Waals surface area contributed by atoms with Crippen LogP contribution in [0.15, 0.2) is 35.4 Å². The number of nitrogens with one attached hydrogen (secondary N) is 3. The Labute approximate surface area is 167 Å². The molecule has 3 aromatic heterocycles. The zero-order valence-corrected chi connectivity index (χ0v) is 16.4. The molecule has 3 N–H and O–H groups in total. The van der Waals surface area contributed by atoms with E-state index in [1.54, 1.807) is 19.4 Å². The average molecular weight is 416 g/mol. The first-order valence-corrected chi connectivity index (χ1v) is 9.28. The lowest BCUT2D eigenvalue weighted by atomic mass is 10.2. The molecule has 0 fully saturated rings. The molecule has 1 amide bonds. The number of aromatic amines is 1. The van der Waals surface area contributed by atoms with Gasteiger partial charge >= 0.3 is 0 Å². The summed E-state index contributed by atoms with van der Waals surface area (Å²) in [5.41, 5.74) is 1.70. The van der Waals surface area contributed by atoms with Crippen LogP contribution in [0, 0.1) is 0 Å². The van der Waals surface area contributed by atoms with Gasteiger partial charge in [0.25, 0.3) is 11.5 Å². The van der Waals surface area contributed by atoms with E-state index in [0.29, 0.717) is 27.2 Å². The fourth-order valence-corrected chi connectivity index (χ4v) is 3.58. The fraction of sp³-hybridized carbons (Fsp3) is 0.118. The SMILES string of the molecule is CNC(=O)c1cc(-c2nsc(Nc3ccc4[nH]ncc4c3Cl)n2)cn(C)c1=O. The van der Waals surface area contributed by atoms with Crippen LogP contribution >= 0.6 is 23.1 Å². The van der Waals surface area contributed by atoms with Crippen molar-refractivity contribution in [1.82, 2.24) is 29.4 Å². The minimum absolute atomic E-state index is 0.0280. The summed E-state index contributed by atoms with van der Waals surface area (Å²) in [5, 5.41) is 14.3. The number of rotatable bonds is 4. The van der Waals surface area contributed by atoms with Crippen LogP contribution in [0.1, 0.15) is 10.4 Å². The lowest BCUT2D eigenvalue weighted by Crippen LogP contribution is -2.30. The zero-order valence-electron chi connectivity index (χ0n) is 14.8. The van der Waals surface area contributed by atoms with Crippen LogP contribution < -0.4 is 16.2 Å². The molecule has 0 saturated heterocycles. The second-order valence-corrected chi connectivity index (χ2v) is 7.07. The standard InChI is InChI=1S/C17H14ClN7O2S/c1-19-15(26)9-5-8(7-25(2)16(9)27)14-22-17(28-24-14)21-12-4-3-11-10(13(12)18)6-20-23-11/h3-7H,1-2H3,(H,19,26)(H,20,23)(H,21,22,24). The number of benzene rings is 1. The molecule has 0 spiro atoms. The van der Waals surface area contributed by atoms with Crippen molar-refractivity contribution in [3.63, 3.8) is 0 Å². The number of halogens is 1. The molecule has 1 aromatic carbocycles. The lowest BCUT2D eigenvalue weighted by molar-refractivity contribution is 0.0961. The van der Waals surface area contributed by atoms with Gasteiger partial charge in [0, 0.05) is 42.8 Å². The molecule has 28 heavy (non-hydrogen) atoms. The minimum atomic E-state index is -0.462. The number of hydrogen-bond donors (Lipinski definition) is 3. The number of H-pyrrole nitrogens is 1. The van der Waals surface area contributed by atoms with Crippen molar-refractivity contribution in [1.29, 1.82) is 0 Å². The predicted molar refractivity (Wildman–Crippen MR) is 108 cm³/mol. The summed E-state index contributed by atoms with van der Waals surface area (Å²) in [6.45, 7) is 0. The van der Waals surface area contributed by atoms with Gasteiger partial charge in [-0.05, 0) is 18.2 Å². The Kier molecular flexibility index (Phi) is 4.57. The molecule has 142 valence electrons. The van der Waals surface area contributed by atoms with Crippen LogP contribution in [0.4, 0.5) is 10.8 Å². The van der Waals surface area contributed by atoms with Gasteiger partial charge in [-0.15, -0.1) is 0 Å². The van der Waals surface area contributed by atoms with E-state index in [1.165, 1.54) is 17.7 Å². The molecular formula is C17H14ClN7O2S. The second-order valence-electron chi connectivity index (χ2n) is 5.94. The normalized spacial score (nSPS) is 11.0. The summed E-state index contributed by atoms with van der Waals surface area (Å²) in [6.07, 6.45) is 3.24. The van der Waals surface area contributed by atoms with Gasteiger partial charge in [-0.25, -0.2) is 0 Å². The summed E-state index contributed by atoms with van der Waals surface area (Å²) in [4.78, 5) is 28.5. The Morgan fingerprint density at radius 3 is 2.96 bits per heavy atom. The Morgan fingerprint density at radius 2 is 2.18 bits per heavy atom. The van der Waals surface area contributed by atoms with Gasteiger partial charge in [0.15, 0.2) is 5.82 Å². The molecule has 0 saturated carbocycles. The number of aromatic nitrogens is 5. The highest BCUT2D eigenvalue weighted by molar-refractivity contribution is 7.10. The Balaban J connectivity index is 1.68. The molecule has 0 radical (unpaired) electrons. The van der Waals surface area contributed by atoms with Gasteiger partial charge < -0.3 is 15.2 Å². The van der Waals surface area contributed by atoms with Crippen molar-refractivity contribution < 1.29 is 4.79 Å². The van der Waals surface area contributed by atoms with Crippen molar-refractivity contribution in [2.75, 3.05) is 12.4 Å². The van der Waals surface area contributed by atoms with Crippen molar-refractivity contribution in [2.24, 2.45) is 7.05 Å². The molecule has 0 bridgehead atoms. The Morgan fingerprint density at radius 1 is 1.36 bits per heavy atom. The van der Waals surface area contributed by atoms with Gasteiger partial charge in [-0.3, -0.25) is 14.7 Å².